The van der Waals surface area contributed by atoms with Gasteiger partial charge in [0.05, 0.1) is 6.61 Å². The number of halogens is 1. The van der Waals surface area contributed by atoms with Crippen molar-refractivity contribution in [1.82, 2.24) is 0 Å². The molecular weight excluding hydrogens is 220 g/mol. The molecule has 0 unspecified atom stereocenters. The topological polar surface area (TPSA) is 29.5 Å². The Morgan fingerprint density at radius 3 is 2.83 bits per heavy atom. The summed E-state index contributed by atoms with van der Waals surface area (Å²) in [4.78, 5) is 0. The van der Waals surface area contributed by atoms with E-state index in [2.05, 4.69) is 15.9 Å². The van der Waals surface area contributed by atoms with Crippen LogP contribution in [0.25, 0.3) is 0 Å². The van der Waals surface area contributed by atoms with Crippen LogP contribution in [0.2, 0.25) is 0 Å². The number of rotatable bonds is 3. The molecule has 0 amide bonds. The van der Waals surface area contributed by atoms with Gasteiger partial charge in [0.15, 0.2) is 0 Å². The molecule has 0 aliphatic carbocycles. The lowest BCUT2D eigenvalue weighted by Crippen LogP contribution is -1.94. The molecule has 0 aliphatic rings. The Bertz CT molecular complexity index is 261. The summed E-state index contributed by atoms with van der Waals surface area (Å²) in [6.07, 6.45) is 0. The van der Waals surface area contributed by atoms with Crippen molar-refractivity contribution in [3.05, 3.63) is 23.8 Å². The largest absolute Gasteiger partial charge is 0.507 e. The van der Waals surface area contributed by atoms with Crippen LogP contribution in [0.3, 0.4) is 0 Å². The molecule has 1 rings (SSSR count). The van der Waals surface area contributed by atoms with Crippen molar-refractivity contribution in [2.45, 2.75) is 12.3 Å². The summed E-state index contributed by atoms with van der Waals surface area (Å²) in [5, 5.41) is 10.0. The van der Waals surface area contributed by atoms with Crippen LogP contribution in [-0.4, -0.2) is 11.7 Å². The Balaban J connectivity index is 3.00. The van der Waals surface area contributed by atoms with E-state index < -0.39 is 0 Å². The molecule has 1 N–H and O–H groups in total. The van der Waals surface area contributed by atoms with Crippen LogP contribution < -0.4 is 4.74 Å². The van der Waals surface area contributed by atoms with E-state index in [1.807, 2.05) is 13.0 Å². The number of phenols is 1. The van der Waals surface area contributed by atoms with Gasteiger partial charge in [-0.15, -0.1) is 0 Å². The molecule has 1 aromatic rings. The first kappa shape index (κ1) is 9.39. The second-order valence-electron chi connectivity index (χ2n) is 2.32. The van der Waals surface area contributed by atoms with Gasteiger partial charge in [-0.2, -0.15) is 0 Å². The molecule has 0 spiro atoms. The number of ether oxygens (including phenoxy) is 1. The first-order valence-corrected chi connectivity index (χ1v) is 4.91. The molecule has 0 saturated heterocycles. The third-order valence-electron chi connectivity index (χ3n) is 1.54. The van der Waals surface area contributed by atoms with Crippen molar-refractivity contribution in [2.75, 3.05) is 6.61 Å². The van der Waals surface area contributed by atoms with Crippen LogP contribution in [0.1, 0.15) is 12.5 Å². The van der Waals surface area contributed by atoms with Crippen molar-refractivity contribution in [1.29, 1.82) is 0 Å². The van der Waals surface area contributed by atoms with Gasteiger partial charge in [-0.1, -0.05) is 22.0 Å². The zero-order valence-electron chi connectivity index (χ0n) is 6.88. The van der Waals surface area contributed by atoms with E-state index in [1.54, 1.807) is 12.1 Å². The van der Waals surface area contributed by atoms with Crippen LogP contribution in [0.15, 0.2) is 18.2 Å². The maximum atomic E-state index is 9.41. The fourth-order valence-electron chi connectivity index (χ4n) is 0.979. The second kappa shape index (κ2) is 4.36. The quantitative estimate of drug-likeness (QED) is 0.810. The Kier molecular flexibility index (Phi) is 3.41. The van der Waals surface area contributed by atoms with Crippen LogP contribution in [0.5, 0.6) is 11.5 Å². The number of phenolic OH excluding ortho intramolecular Hbond substituents is 1. The molecule has 3 heteroatoms. The average molecular weight is 231 g/mol. The standard InChI is InChI=1S/C9H11BrO2/c1-2-12-9-5-3-4-8(11)7(9)6-10/h3-5,11H,2,6H2,1H3. The normalized spacial score (nSPS) is 9.83. The minimum absolute atomic E-state index is 0.276. The summed E-state index contributed by atoms with van der Waals surface area (Å²) in [6, 6.07) is 5.27. The second-order valence-corrected chi connectivity index (χ2v) is 2.88. The van der Waals surface area contributed by atoms with E-state index in [0.29, 0.717) is 11.9 Å². The van der Waals surface area contributed by atoms with Gasteiger partial charge in [0, 0.05) is 10.9 Å². The van der Waals surface area contributed by atoms with Gasteiger partial charge in [-0.25, -0.2) is 0 Å². The third-order valence-corrected chi connectivity index (χ3v) is 2.10. The lowest BCUT2D eigenvalue weighted by atomic mass is 10.2. The van der Waals surface area contributed by atoms with Crippen molar-refractivity contribution < 1.29 is 9.84 Å². The van der Waals surface area contributed by atoms with Crippen molar-refractivity contribution in [3.8, 4) is 11.5 Å². The molecule has 0 saturated carbocycles. The van der Waals surface area contributed by atoms with Crippen molar-refractivity contribution in [2.24, 2.45) is 0 Å². The molecule has 0 aromatic heterocycles. The summed E-state index contributed by atoms with van der Waals surface area (Å²) < 4.78 is 5.32. The zero-order valence-corrected chi connectivity index (χ0v) is 8.47. The Morgan fingerprint density at radius 2 is 2.25 bits per heavy atom. The highest BCUT2D eigenvalue weighted by atomic mass is 79.9. The molecule has 12 heavy (non-hydrogen) atoms. The van der Waals surface area contributed by atoms with E-state index in [-0.39, 0.29) is 5.75 Å². The summed E-state index contributed by atoms with van der Waals surface area (Å²) in [6.45, 7) is 2.53. The van der Waals surface area contributed by atoms with Gasteiger partial charge in [0.25, 0.3) is 0 Å². The van der Waals surface area contributed by atoms with Gasteiger partial charge in [0.2, 0.25) is 0 Å². The fraction of sp³-hybridized carbons (Fsp3) is 0.333. The first-order chi connectivity index (χ1) is 5.79. The number of benzene rings is 1. The van der Waals surface area contributed by atoms with E-state index in [4.69, 9.17) is 4.74 Å². The first-order valence-electron chi connectivity index (χ1n) is 3.79. The monoisotopic (exact) mass is 230 g/mol. The van der Waals surface area contributed by atoms with Crippen LogP contribution >= 0.6 is 15.9 Å². The van der Waals surface area contributed by atoms with Gasteiger partial charge < -0.3 is 9.84 Å². The lowest BCUT2D eigenvalue weighted by Gasteiger charge is -2.08. The fourth-order valence-corrected chi connectivity index (χ4v) is 1.54. The molecule has 0 fully saturated rings. The number of hydrogen-bond donors (Lipinski definition) is 1. The van der Waals surface area contributed by atoms with Crippen LogP contribution in [0.4, 0.5) is 0 Å². The lowest BCUT2D eigenvalue weighted by molar-refractivity contribution is 0.334. The highest BCUT2D eigenvalue weighted by Gasteiger charge is 2.05. The van der Waals surface area contributed by atoms with Crippen LogP contribution in [-0.2, 0) is 5.33 Å². The Hall–Kier alpha value is -0.700. The van der Waals surface area contributed by atoms with E-state index in [1.165, 1.54) is 0 Å². The van der Waals surface area contributed by atoms with Gasteiger partial charge in [-0.3, -0.25) is 0 Å². The predicted octanol–water partition coefficient (Wildman–Crippen LogP) is 2.69. The molecule has 2 nitrogen and oxygen atoms in total. The smallest absolute Gasteiger partial charge is 0.127 e. The number of aromatic hydroxyl groups is 1. The van der Waals surface area contributed by atoms with E-state index >= 15 is 0 Å². The minimum Gasteiger partial charge on any atom is -0.507 e. The maximum Gasteiger partial charge on any atom is 0.127 e. The SMILES string of the molecule is CCOc1cccc(O)c1CBr. The molecule has 0 radical (unpaired) electrons. The summed E-state index contributed by atoms with van der Waals surface area (Å²) >= 11 is 3.29. The average Bonchev–Trinajstić information content (AvgIpc) is 2.05. The van der Waals surface area contributed by atoms with Crippen LogP contribution in [0, 0.1) is 0 Å². The molecule has 0 bridgehead atoms. The van der Waals surface area contributed by atoms with E-state index in [0.717, 1.165) is 11.3 Å². The number of alkyl halides is 1. The van der Waals surface area contributed by atoms with Crippen molar-refractivity contribution >= 4 is 15.9 Å². The maximum absolute atomic E-state index is 9.41. The van der Waals surface area contributed by atoms with Crippen molar-refractivity contribution in [3.63, 3.8) is 0 Å². The van der Waals surface area contributed by atoms with E-state index in [9.17, 15) is 5.11 Å². The summed E-state index contributed by atoms with van der Waals surface area (Å²) in [7, 11) is 0. The minimum atomic E-state index is 0.276. The Morgan fingerprint density at radius 1 is 1.50 bits per heavy atom. The summed E-state index contributed by atoms with van der Waals surface area (Å²) in [5.74, 6) is 1.02. The van der Waals surface area contributed by atoms with Gasteiger partial charge >= 0.3 is 0 Å². The molecular formula is C9H11BrO2. The Labute approximate surface area is 80.3 Å². The third kappa shape index (κ3) is 1.91. The summed E-state index contributed by atoms with van der Waals surface area (Å²) in [5.41, 5.74) is 0.805. The van der Waals surface area contributed by atoms with Gasteiger partial charge in [-0.05, 0) is 19.1 Å². The molecule has 66 valence electrons. The predicted molar refractivity (Wildman–Crippen MR) is 51.9 cm³/mol. The molecule has 1 aromatic carbocycles. The molecule has 0 heterocycles. The number of hydrogen-bond acceptors (Lipinski definition) is 2. The molecule has 0 aliphatic heterocycles. The molecule has 0 atom stereocenters. The highest BCUT2D eigenvalue weighted by molar-refractivity contribution is 9.08. The zero-order chi connectivity index (χ0) is 8.97. The van der Waals surface area contributed by atoms with Gasteiger partial charge in [0.1, 0.15) is 11.5 Å². The highest BCUT2D eigenvalue weighted by Crippen LogP contribution is 2.29.